The van der Waals surface area contributed by atoms with Crippen LogP contribution in [0, 0.1) is 0 Å². The number of methoxy groups -OCH3 is 2. The first kappa shape index (κ1) is 17.6. The molecule has 0 radical (unpaired) electrons. The topological polar surface area (TPSA) is 69.7 Å². The molecule has 1 N–H and O–H groups in total. The Labute approximate surface area is 141 Å². The van der Waals surface area contributed by atoms with Crippen LogP contribution in [0.2, 0.25) is 0 Å². The Morgan fingerprint density at radius 1 is 1.17 bits per heavy atom. The predicted molar refractivity (Wildman–Crippen MR) is 90.5 cm³/mol. The minimum absolute atomic E-state index is 0.118. The van der Waals surface area contributed by atoms with E-state index >= 15 is 0 Å². The van der Waals surface area contributed by atoms with Gasteiger partial charge in [0.25, 0.3) is 0 Å². The second-order valence-corrected chi connectivity index (χ2v) is 5.03. The molecule has 0 unspecified atom stereocenters. The highest BCUT2D eigenvalue weighted by Crippen LogP contribution is 2.24. The summed E-state index contributed by atoms with van der Waals surface area (Å²) in [6.45, 7) is 2.78. The maximum atomic E-state index is 12.3. The minimum Gasteiger partial charge on any atom is -0.497 e. The molecule has 0 aliphatic heterocycles. The van der Waals surface area contributed by atoms with Crippen molar-refractivity contribution in [2.45, 2.75) is 19.9 Å². The van der Waals surface area contributed by atoms with Crippen molar-refractivity contribution in [2.24, 2.45) is 0 Å². The molecule has 24 heavy (non-hydrogen) atoms. The molecule has 1 amide bonds. The predicted octanol–water partition coefficient (Wildman–Crippen LogP) is 2.36. The minimum atomic E-state index is -0.118. The lowest BCUT2D eigenvalue weighted by Gasteiger charge is -2.12. The van der Waals surface area contributed by atoms with Gasteiger partial charge in [-0.3, -0.25) is 4.79 Å². The fourth-order valence-corrected chi connectivity index (χ4v) is 2.27. The molecule has 1 heterocycles. The van der Waals surface area contributed by atoms with E-state index in [0.717, 1.165) is 11.1 Å². The van der Waals surface area contributed by atoms with E-state index in [4.69, 9.17) is 14.2 Å². The summed E-state index contributed by atoms with van der Waals surface area (Å²) in [5, 5.41) is 2.88. The Hall–Kier alpha value is -2.76. The average Bonchev–Trinajstić information content (AvgIpc) is 2.61. The fourth-order valence-electron chi connectivity index (χ4n) is 2.27. The zero-order chi connectivity index (χ0) is 17.4. The molecule has 0 spiro atoms. The van der Waals surface area contributed by atoms with Crippen molar-refractivity contribution in [3.63, 3.8) is 0 Å². The number of amides is 1. The first-order valence-electron chi connectivity index (χ1n) is 7.72. The third-order valence-electron chi connectivity index (χ3n) is 3.45. The van der Waals surface area contributed by atoms with E-state index in [2.05, 4.69) is 10.3 Å². The number of nitrogens with zero attached hydrogens (tertiary/aromatic N) is 1. The largest absolute Gasteiger partial charge is 0.497 e. The van der Waals surface area contributed by atoms with Crippen molar-refractivity contribution >= 4 is 5.91 Å². The number of ether oxygens (including phenoxy) is 3. The molecule has 2 rings (SSSR count). The molecular formula is C18H22N2O4. The van der Waals surface area contributed by atoms with E-state index < -0.39 is 0 Å². The lowest BCUT2D eigenvalue weighted by molar-refractivity contribution is -0.120. The standard InChI is InChI=1S/C18H22N2O4/c1-4-24-18-13(6-5-9-19-18)12-20-17(21)11-14-10-15(22-2)7-8-16(14)23-3/h5-10H,4,11-12H2,1-3H3,(H,20,21). The summed E-state index contributed by atoms with van der Waals surface area (Å²) >= 11 is 0. The first-order chi connectivity index (χ1) is 11.7. The van der Waals surface area contributed by atoms with Gasteiger partial charge >= 0.3 is 0 Å². The highest BCUT2D eigenvalue weighted by atomic mass is 16.5. The van der Waals surface area contributed by atoms with Gasteiger partial charge in [-0.25, -0.2) is 4.98 Å². The van der Waals surface area contributed by atoms with Crippen LogP contribution in [-0.2, 0) is 17.8 Å². The summed E-state index contributed by atoms with van der Waals surface area (Å²) in [5.74, 6) is 1.76. The van der Waals surface area contributed by atoms with Gasteiger partial charge in [-0.15, -0.1) is 0 Å². The zero-order valence-electron chi connectivity index (χ0n) is 14.2. The van der Waals surface area contributed by atoms with Gasteiger partial charge in [-0.05, 0) is 31.2 Å². The van der Waals surface area contributed by atoms with E-state index in [9.17, 15) is 4.79 Å². The van der Waals surface area contributed by atoms with E-state index in [1.807, 2.05) is 19.1 Å². The summed E-state index contributed by atoms with van der Waals surface area (Å²) < 4.78 is 15.9. The Kier molecular flexibility index (Phi) is 6.42. The summed E-state index contributed by atoms with van der Waals surface area (Å²) in [6, 6.07) is 9.08. The van der Waals surface area contributed by atoms with Crippen molar-refractivity contribution in [3.8, 4) is 17.4 Å². The van der Waals surface area contributed by atoms with Crippen molar-refractivity contribution in [3.05, 3.63) is 47.7 Å². The van der Waals surface area contributed by atoms with Gasteiger partial charge in [-0.1, -0.05) is 6.07 Å². The molecule has 0 saturated heterocycles. The van der Waals surface area contributed by atoms with Crippen LogP contribution in [0.3, 0.4) is 0 Å². The molecule has 128 valence electrons. The summed E-state index contributed by atoms with van der Waals surface area (Å²) in [6.07, 6.45) is 1.86. The summed E-state index contributed by atoms with van der Waals surface area (Å²) in [4.78, 5) is 16.4. The van der Waals surface area contributed by atoms with Crippen molar-refractivity contribution in [1.29, 1.82) is 0 Å². The molecular weight excluding hydrogens is 308 g/mol. The maximum Gasteiger partial charge on any atom is 0.224 e. The van der Waals surface area contributed by atoms with Gasteiger partial charge < -0.3 is 19.5 Å². The molecule has 6 nitrogen and oxygen atoms in total. The third-order valence-corrected chi connectivity index (χ3v) is 3.45. The Morgan fingerprint density at radius 3 is 2.71 bits per heavy atom. The monoisotopic (exact) mass is 330 g/mol. The van der Waals surface area contributed by atoms with Crippen LogP contribution in [-0.4, -0.2) is 31.7 Å². The van der Waals surface area contributed by atoms with E-state index in [-0.39, 0.29) is 12.3 Å². The second-order valence-electron chi connectivity index (χ2n) is 5.03. The maximum absolute atomic E-state index is 12.3. The van der Waals surface area contributed by atoms with Crippen LogP contribution in [0.4, 0.5) is 0 Å². The zero-order valence-corrected chi connectivity index (χ0v) is 14.2. The molecule has 2 aromatic rings. The van der Waals surface area contributed by atoms with Crippen LogP contribution in [0.1, 0.15) is 18.1 Å². The van der Waals surface area contributed by atoms with Crippen LogP contribution in [0.25, 0.3) is 0 Å². The van der Waals surface area contributed by atoms with Crippen LogP contribution in [0.15, 0.2) is 36.5 Å². The van der Waals surface area contributed by atoms with Gasteiger partial charge in [0.05, 0.1) is 27.2 Å². The highest BCUT2D eigenvalue weighted by molar-refractivity contribution is 5.79. The molecule has 0 aliphatic rings. The average molecular weight is 330 g/mol. The summed E-state index contributed by atoms with van der Waals surface area (Å²) in [5.41, 5.74) is 1.61. The fraction of sp³-hybridized carbons (Fsp3) is 0.333. The smallest absolute Gasteiger partial charge is 0.224 e. The number of pyridine rings is 1. The molecule has 0 saturated carbocycles. The molecule has 1 aromatic heterocycles. The molecule has 1 aromatic carbocycles. The lowest BCUT2D eigenvalue weighted by atomic mass is 10.1. The molecule has 0 atom stereocenters. The highest BCUT2D eigenvalue weighted by Gasteiger charge is 2.11. The molecule has 6 heteroatoms. The van der Waals surface area contributed by atoms with Gasteiger partial charge in [0.1, 0.15) is 11.5 Å². The normalized spacial score (nSPS) is 10.1. The van der Waals surface area contributed by atoms with E-state index in [1.165, 1.54) is 0 Å². The number of hydrogen-bond acceptors (Lipinski definition) is 5. The number of nitrogens with one attached hydrogen (secondary N) is 1. The van der Waals surface area contributed by atoms with E-state index in [1.54, 1.807) is 38.6 Å². The van der Waals surface area contributed by atoms with Crippen molar-refractivity contribution in [2.75, 3.05) is 20.8 Å². The molecule has 0 bridgehead atoms. The van der Waals surface area contributed by atoms with Crippen molar-refractivity contribution < 1.29 is 19.0 Å². The number of benzene rings is 1. The third kappa shape index (κ3) is 4.62. The number of carbonyl (C=O) groups excluding carboxylic acids is 1. The van der Waals surface area contributed by atoms with Gasteiger partial charge in [0, 0.05) is 23.9 Å². The molecule has 0 aliphatic carbocycles. The van der Waals surface area contributed by atoms with E-state index in [0.29, 0.717) is 30.5 Å². The second kappa shape index (κ2) is 8.76. The number of aromatic nitrogens is 1. The quantitative estimate of drug-likeness (QED) is 0.804. The van der Waals surface area contributed by atoms with Crippen LogP contribution >= 0.6 is 0 Å². The van der Waals surface area contributed by atoms with Crippen LogP contribution < -0.4 is 19.5 Å². The Morgan fingerprint density at radius 2 is 2.00 bits per heavy atom. The van der Waals surface area contributed by atoms with Crippen LogP contribution in [0.5, 0.6) is 17.4 Å². The molecule has 0 fully saturated rings. The summed E-state index contributed by atoms with van der Waals surface area (Å²) in [7, 11) is 3.16. The number of hydrogen-bond donors (Lipinski definition) is 1. The number of rotatable bonds is 8. The Bertz CT molecular complexity index is 688. The van der Waals surface area contributed by atoms with Crippen molar-refractivity contribution in [1.82, 2.24) is 10.3 Å². The Balaban J connectivity index is 2.01. The SMILES string of the molecule is CCOc1ncccc1CNC(=O)Cc1cc(OC)ccc1OC. The lowest BCUT2D eigenvalue weighted by Crippen LogP contribution is -2.25. The van der Waals surface area contributed by atoms with Gasteiger partial charge in [-0.2, -0.15) is 0 Å². The van der Waals surface area contributed by atoms with Gasteiger partial charge in [0.15, 0.2) is 0 Å². The number of carbonyl (C=O) groups is 1. The first-order valence-corrected chi connectivity index (χ1v) is 7.72. The van der Waals surface area contributed by atoms with Gasteiger partial charge in [0.2, 0.25) is 11.8 Å².